The van der Waals surface area contributed by atoms with Crippen LogP contribution in [0.5, 0.6) is 0 Å². The van der Waals surface area contributed by atoms with Crippen LogP contribution in [0.15, 0.2) is 35.3 Å². The molecule has 0 amide bonds. The third-order valence-electron chi connectivity index (χ3n) is 2.66. The first kappa shape index (κ1) is 7.81. The van der Waals surface area contributed by atoms with E-state index < -0.39 is 0 Å². The van der Waals surface area contributed by atoms with Gasteiger partial charge in [0.25, 0.3) is 0 Å². The maximum Gasteiger partial charge on any atom is 0.229 e. The van der Waals surface area contributed by atoms with E-state index in [4.69, 9.17) is 4.42 Å². The van der Waals surface area contributed by atoms with Crippen molar-refractivity contribution in [3.05, 3.63) is 30.9 Å². The average molecular weight is 210 g/mol. The van der Waals surface area contributed by atoms with Crippen molar-refractivity contribution in [2.75, 3.05) is 0 Å². The van der Waals surface area contributed by atoms with Gasteiger partial charge in [-0.2, -0.15) is 0 Å². The normalized spacial score (nSPS) is 11.8. The standard InChI is InChI=1S/C11H6N4O/c1-2-6-8-9-7(4-12-5-14-9)15-11(8)16-10(6)13-3-1/h1-5,15H. The number of pyridine rings is 1. The van der Waals surface area contributed by atoms with Gasteiger partial charge in [0, 0.05) is 6.20 Å². The van der Waals surface area contributed by atoms with Crippen molar-refractivity contribution < 1.29 is 4.42 Å². The number of fused-ring (bicyclic) bond motifs is 5. The van der Waals surface area contributed by atoms with Crippen molar-refractivity contribution in [3.63, 3.8) is 0 Å². The van der Waals surface area contributed by atoms with E-state index in [9.17, 15) is 0 Å². The van der Waals surface area contributed by atoms with Crippen molar-refractivity contribution in [2.45, 2.75) is 0 Å². The van der Waals surface area contributed by atoms with E-state index in [2.05, 4.69) is 19.9 Å². The molecule has 0 radical (unpaired) electrons. The summed E-state index contributed by atoms with van der Waals surface area (Å²) in [6.45, 7) is 0. The summed E-state index contributed by atoms with van der Waals surface area (Å²) in [5.41, 5.74) is 3.08. The first-order valence-corrected chi connectivity index (χ1v) is 4.88. The van der Waals surface area contributed by atoms with Crippen LogP contribution in [0.3, 0.4) is 0 Å². The highest BCUT2D eigenvalue weighted by atomic mass is 16.3. The van der Waals surface area contributed by atoms with Crippen molar-refractivity contribution in [1.29, 1.82) is 0 Å². The molecule has 0 spiro atoms. The Kier molecular flexibility index (Phi) is 1.26. The van der Waals surface area contributed by atoms with Gasteiger partial charge >= 0.3 is 0 Å². The molecule has 0 aliphatic heterocycles. The molecule has 16 heavy (non-hydrogen) atoms. The number of hydrogen-bond donors (Lipinski definition) is 1. The fourth-order valence-electron chi connectivity index (χ4n) is 2.00. The summed E-state index contributed by atoms with van der Waals surface area (Å²) in [5, 5.41) is 1.95. The molecule has 0 aliphatic carbocycles. The molecule has 0 atom stereocenters. The highest BCUT2D eigenvalue weighted by Gasteiger charge is 2.14. The van der Waals surface area contributed by atoms with E-state index in [0.29, 0.717) is 11.4 Å². The number of aromatic nitrogens is 4. The van der Waals surface area contributed by atoms with Crippen molar-refractivity contribution in [3.8, 4) is 0 Å². The van der Waals surface area contributed by atoms with Crippen molar-refractivity contribution in [2.24, 2.45) is 0 Å². The van der Waals surface area contributed by atoms with E-state index in [1.165, 1.54) is 6.33 Å². The van der Waals surface area contributed by atoms with Crippen molar-refractivity contribution in [1.82, 2.24) is 19.9 Å². The molecule has 4 rings (SSSR count). The topological polar surface area (TPSA) is 67.6 Å². The lowest BCUT2D eigenvalue weighted by Crippen LogP contribution is -1.77. The lowest BCUT2D eigenvalue weighted by Gasteiger charge is -1.88. The molecule has 5 heteroatoms. The molecule has 0 bridgehead atoms. The summed E-state index contributed by atoms with van der Waals surface area (Å²) >= 11 is 0. The number of rotatable bonds is 0. The highest BCUT2D eigenvalue weighted by molar-refractivity contribution is 6.16. The molecule has 0 saturated heterocycles. The smallest absolute Gasteiger partial charge is 0.229 e. The Morgan fingerprint density at radius 2 is 2.25 bits per heavy atom. The third-order valence-corrected chi connectivity index (χ3v) is 2.66. The van der Waals surface area contributed by atoms with Crippen LogP contribution < -0.4 is 0 Å². The van der Waals surface area contributed by atoms with Crippen LogP contribution in [-0.2, 0) is 0 Å². The van der Waals surface area contributed by atoms with Crippen LogP contribution >= 0.6 is 0 Å². The van der Waals surface area contributed by atoms with Gasteiger partial charge in [-0.15, -0.1) is 0 Å². The Hall–Kier alpha value is -2.43. The number of hydrogen-bond acceptors (Lipinski definition) is 4. The first-order chi connectivity index (χ1) is 7.93. The van der Waals surface area contributed by atoms with E-state index in [1.54, 1.807) is 12.4 Å². The molecular weight excluding hydrogens is 204 g/mol. The van der Waals surface area contributed by atoms with Gasteiger partial charge in [0.05, 0.1) is 22.5 Å². The molecular formula is C11H6N4O. The van der Waals surface area contributed by atoms with E-state index in [0.717, 1.165) is 21.8 Å². The van der Waals surface area contributed by atoms with Gasteiger partial charge in [0.1, 0.15) is 11.8 Å². The van der Waals surface area contributed by atoms with Gasteiger partial charge in [0.15, 0.2) is 0 Å². The second-order valence-electron chi connectivity index (χ2n) is 3.57. The minimum Gasteiger partial charge on any atom is -0.421 e. The van der Waals surface area contributed by atoms with Gasteiger partial charge in [0.2, 0.25) is 11.4 Å². The van der Waals surface area contributed by atoms with Gasteiger partial charge in [-0.05, 0) is 12.1 Å². The second kappa shape index (κ2) is 2.57. The van der Waals surface area contributed by atoms with Gasteiger partial charge < -0.3 is 9.40 Å². The molecule has 0 saturated carbocycles. The second-order valence-corrected chi connectivity index (χ2v) is 3.57. The summed E-state index contributed by atoms with van der Waals surface area (Å²) in [4.78, 5) is 15.5. The predicted octanol–water partition coefficient (Wildman–Crippen LogP) is 2.25. The Labute approximate surface area is 89.1 Å². The summed E-state index contributed by atoms with van der Waals surface area (Å²) in [5.74, 6) is 0. The number of aromatic amines is 1. The number of nitrogens with one attached hydrogen (secondary N) is 1. The quantitative estimate of drug-likeness (QED) is 0.483. The fraction of sp³-hybridized carbons (Fsp3) is 0. The molecule has 0 fully saturated rings. The maximum atomic E-state index is 5.60. The van der Waals surface area contributed by atoms with E-state index >= 15 is 0 Å². The van der Waals surface area contributed by atoms with Crippen LogP contribution in [0.2, 0.25) is 0 Å². The Morgan fingerprint density at radius 1 is 1.25 bits per heavy atom. The molecule has 5 nitrogen and oxygen atoms in total. The molecule has 4 aromatic heterocycles. The van der Waals surface area contributed by atoms with Gasteiger partial charge in [-0.25, -0.2) is 15.0 Å². The molecule has 1 N–H and O–H groups in total. The monoisotopic (exact) mass is 210 g/mol. The maximum absolute atomic E-state index is 5.60. The summed E-state index contributed by atoms with van der Waals surface area (Å²) in [6, 6.07) is 3.86. The zero-order valence-electron chi connectivity index (χ0n) is 8.14. The molecule has 76 valence electrons. The molecule has 0 unspecified atom stereocenters. The van der Waals surface area contributed by atoms with Crippen LogP contribution in [0.25, 0.3) is 33.2 Å². The minimum atomic E-state index is 0.629. The van der Waals surface area contributed by atoms with Crippen LogP contribution in [0, 0.1) is 0 Å². The minimum absolute atomic E-state index is 0.629. The van der Waals surface area contributed by atoms with Gasteiger partial charge in [-0.3, -0.25) is 0 Å². The Morgan fingerprint density at radius 3 is 3.25 bits per heavy atom. The van der Waals surface area contributed by atoms with Gasteiger partial charge in [-0.1, -0.05) is 0 Å². The number of nitrogens with zero attached hydrogens (tertiary/aromatic N) is 3. The Balaban J connectivity index is 2.38. The third kappa shape index (κ3) is 0.826. The largest absolute Gasteiger partial charge is 0.421 e. The van der Waals surface area contributed by atoms with E-state index in [-0.39, 0.29) is 0 Å². The lowest BCUT2D eigenvalue weighted by atomic mass is 10.2. The van der Waals surface area contributed by atoms with Crippen LogP contribution in [-0.4, -0.2) is 19.9 Å². The first-order valence-electron chi connectivity index (χ1n) is 4.88. The van der Waals surface area contributed by atoms with E-state index in [1.807, 2.05) is 12.1 Å². The SMILES string of the molecule is c1cnc2oc3[nH]c4cncnc4c3c2c1. The Bertz CT molecular complexity index is 749. The van der Waals surface area contributed by atoms with Crippen molar-refractivity contribution >= 4 is 33.2 Å². The molecule has 0 aliphatic rings. The summed E-state index contributed by atoms with van der Waals surface area (Å²) in [7, 11) is 0. The molecule has 4 aromatic rings. The average Bonchev–Trinajstić information content (AvgIpc) is 2.83. The summed E-state index contributed by atoms with van der Waals surface area (Å²) < 4.78 is 5.60. The number of H-pyrrole nitrogens is 1. The predicted molar refractivity (Wildman–Crippen MR) is 59.0 cm³/mol. The summed E-state index contributed by atoms with van der Waals surface area (Å²) in [6.07, 6.45) is 4.98. The zero-order valence-corrected chi connectivity index (χ0v) is 8.14. The fourth-order valence-corrected chi connectivity index (χ4v) is 2.00. The van der Waals surface area contributed by atoms with Crippen LogP contribution in [0.1, 0.15) is 0 Å². The van der Waals surface area contributed by atoms with Crippen LogP contribution in [0.4, 0.5) is 0 Å². The highest BCUT2D eigenvalue weighted by Crippen LogP contribution is 2.31. The lowest BCUT2D eigenvalue weighted by molar-refractivity contribution is 0.643. The molecule has 0 aromatic carbocycles. The number of furan rings is 1. The molecule has 4 heterocycles. The zero-order chi connectivity index (χ0) is 10.5.